The molecule has 0 aliphatic heterocycles. The van der Waals surface area contributed by atoms with Crippen molar-refractivity contribution < 1.29 is 26.6 Å². The molecule has 0 atom stereocenters. The molecule has 0 saturated carbocycles. The van der Waals surface area contributed by atoms with Crippen LogP contribution in [0.5, 0.6) is 0 Å². The average molecular weight is 355 g/mol. The Hall–Kier alpha value is 0.194. The van der Waals surface area contributed by atoms with Crippen LogP contribution in [0.3, 0.4) is 0 Å². The molecular formula is C14H34O6Si2. The Bertz CT molecular complexity index is 208. The van der Waals surface area contributed by atoms with E-state index in [0.29, 0.717) is 51.7 Å². The first-order chi connectivity index (χ1) is 10.6. The highest BCUT2D eigenvalue weighted by Crippen LogP contribution is 2.26. The third-order valence-electron chi connectivity index (χ3n) is 2.92. The van der Waals surface area contributed by atoms with E-state index in [9.17, 15) is 0 Å². The van der Waals surface area contributed by atoms with Gasteiger partial charge >= 0.3 is 17.6 Å². The van der Waals surface area contributed by atoms with E-state index in [0.717, 1.165) is 0 Å². The highest BCUT2D eigenvalue weighted by molar-refractivity contribution is 6.66. The standard InChI is InChI=1S/C14H34O6Si2/c1-7-15-21(16-8-2,17-9-3)13-14-22(18-10-4,19-11-5)20-12-6/h7-14H2,1-6H3. The minimum absolute atomic E-state index is 0.568. The van der Waals surface area contributed by atoms with Crippen LogP contribution in [0.25, 0.3) is 0 Å². The molecule has 134 valence electrons. The highest BCUT2D eigenvalue weighted by Gasteiger charge is 2.48. The van der Waals surface area contributed by atoms with Gasteiger partial charge in [0.2, 0.25) is 0 Å². The van der Waals surface area contributed by atoms with Crippen LogP contribution in [-0.2, 0) is 26.6 Å². The van der Waals surface area contributed by atoms with Gasteiger partial charge in [0.05, 0.1) is 0 Å². The highest BCUT2D eigenvalue weighted by atomic mass is 28.4. The molecule has 0 N–H and O–H groups in total. The molecule has 22 heavy (non-hydrogen) atoms. The van der Waals surface area contributed by atoms with E-state index in [-0.39, 0.29) is 0 Å². The van der Waals surface area contributed by atoms with Crippen molar-refractivity contribution >= 4 is 17.6 Å². The summed E-state index contributed by atoms with van der Waals surface area (Å²) < 4.78 is 35.3. The van der Waals surface area contributed by atoms with Crippen LogP contribution in [0.1, 0.15) is 41.5 Å². The van der Waals surface area contributed by atoms with Gasteiger partial charge in [-0.3, -0.25) is 0 Å². The molecule has 0 aromatic heterocycles. The van der Waals surface area contributed by atoms with Gasteiger partial charge in [-0.15, -0.1) is 0 Å². The van der Waals surface area contributed by atoms with Crippen molar-refractivity contribution in [3.8, 4) is 0 Å². The minimum atomic E-state index is -2.70. The number of rotatable bonds is 15. The summed E-state index contributed by atoms with van der Waals surface area (Å²) in [4.78, 5) is 0. The fraction of sp³-hybridized carbons (Fsp3) is 1.00. The zero-order valence-corrected chi connectivity index (χ0v) is 17.1. The largest absolute Gasteiger partial charge is 0.500 e. The summed E-state index contributed by atoms with van der Waals surface area (Å²) >= 11 is 0. The Kier molecular flexibility index (Phi) is 12.7. The summed E-state index contributed by atoms with van der Waals surface area (Å²) in [6, 6.07) is 1.30. The van der Waals surface area contributed by atoms with Crippen molar-refractivity contribution in [1.29, 1.82) is 0 Å². The summed E-state index contributed by atoms with van der Waals surface area (Å²) in [5.74, 6) is 0. The fourth-order valence-electron chi connectivity index (χ4n) is 2.31. The van der Waals surface area contributed by atoms with E-state index < -0.39 is 17.6 Å². The molecule has 0 heterocycles. The SMILES string of the molecule is CCO[Si](CC[Si](OCC)(OCC)OCC)(OCC)OCC. The predicted molar refractivity (Wildman–Crippen MR) is 90.9 cm³/mol. The summed E-state index contributed by atoms with van der Waals surface area (Å²) in [5.41, 5.74) is 0. The van der Waals surface area contributed by atoms with E-state index in [4.69, 9.17) is 26.6 Å². The van der Waals surface area contributed by atoms with Gasteiger partial charge < -0.3 is 26.6 Å². The Morgan fingerprint density at radius 3 is 0.727 bits per heavy atom. The maximum absolute atomic E-state index is 5.89. The van der Waals surface area contributed by atoms with Crippen molar-refractivity contribution in [2.75, 3.05) is 39.6 Å². The first-order valence-electron chi connectivity index (χ1n) is 8.41. The van der Waals surface area contributed by atoms with Crippen LogP contribution >= 0.6 is 0 Å². The van der Waals surface area contributed by atoms with Crippen molar-refractivity contribution in [2.45, 2.75) is 53.6 Å². The molecule has 0 unspecified atom stereocenters. The van der Waals surface area contributed by atoms with Gasteiger partial charge in [-0.05, 0) is 41.5 Å². The van der Waals surface area contributed by atoms with Crippen molar-refractivity contribution in [2.24, 2.45) is 0 Å². The molecule has 0 radical (unpaired) electrons. The van der Waals surface area contributed by atoms with E-state index in [1.54, 1.807) is 0 Å². The molecule has 0 spiro atoms. The van der Waals surface area contributed by atoms with Gasteiger partial charge in [0.1, 0.15) is 0 Å². The summed E-state index contributed by atoms with van der Waals surface area (Å²) in [6.45, 7) is 15.1. The van der Waals surface area contributed by atoms with Gasteiger partial charge in [0.15, 0.2) is 0 Å². The van der Waals surface area contributed by atoms with Gasteiger partial charge in [0.25, 0.3) is 0 Å². The Balaban J connectivity index is 5.04. The molecule has 0 amide bonds. The second kappa shape index (κ2) is 12.6. The first-order valence-corrected chi connectivity index (χ1v) is 12.3. The molecule has 0 bridgehead atoms. The lowest BCUT2D eigenvalue weighted by Crippen LogP contribution is -2.51. The first kappa shape index (κ1) is 22.2. The maximum atomic E-state index is 5.89. The second-order valence-electron chi connectivity index (χ2n) is 4.46. The molecule has 0 aromatic carbocycles. The molecular weight excluding hydrogens is 320 g/mol. The average Bonchev–Trinajstić information content (AvgIpc) is 2.47. The summed E-state index contributed by atoms with van der Waals surface area (Å²) in [7, 11) is -5.40. The van der Waals surface area contributed by atoms with Crippen LogP contribution < -0.4 is 0 Å². The Labute approximate surface area is 138 Å². The normalized spacial score (nSPS) is 12.8. The van der Waals surface area contributed by atoms with Crippen LogP contribution in [0.2, 0.25) is 12.1 Å². The molecule has 0 rings (SSSR count). The summed E-state index contributed by atoms with van der Waals surface area (Å²) in [5, 5.41) is 0. The molecule has 8 heteroatoms. The topological polar surface area (TPSA) is 55.4 Å². The van der Waals surface area contributed by atoms with Crippen LogP contribution in [0.15, 0.2) is 0 Å². The van der Waals surface area contributed by atoms with Crippen LogP contribution in [0.4, 0.5) is 0 Å². The molecule has 0 aromatic rings. The Morgan fingerprint density at radius 2 is 0.591 bits per heavy atom. The van der Waals surface area contributed by atoms with Crippen molar-refractivity contribution in [1.82, 2.24) is 0 Å². The lowest BCUT2D eigenvalue weighted by molar-refractivity contribution is 0.0584. The minimum Gasteiger partial charge on any atom is -0.374 e. The van der Waals surface area contributed by atoms with E-state index in [2.05, 4.69) is 0 Å². The number of hydrogen-bond acceptors (Lipinski definition) is 6. The van der Waals surface area contributed by atoms with Gasteiger partial charge in [0, 0.05) is 51.7 Å². The third kappa shape index (κ3) is 7.65. The van der Waals surface area contributed by atoms with Gasteiger partial charge in [-0.1, -0.05) is 0 Å². The smallest absolute Gasteiger partial charge is 0.374 e. The van der Waals surface area contributed by atoms with Gasteiger partial charge in [-0.25, -0.2) is 0 Å². The van der Waals surface area contributed by atoms with Crippen LogP contribution in [0, 0.1) is 0 Å². The second-order valence-corrected chi connectivity index (χ2v) is 9.93. The monoisotopic (exact) mass is 354 g/mol. The van der Waals surface area contributed by atoms with Crippen molar-refractivity contribution in [3.05, 3.63) is 0 Å². The lowest BCUT2D eigenvalue weighted by Gasteiger charge is -2.33. The maximum Gasteiger partial charge on any atom is 0.500 e. The molecule has 6 nitrogen and oxygen atoms in total. The lowest BCUT2D eigenvalue weighted by atomic mass is 10.9. The van der Waals surface area contributed by atoms with Crippen molar-refractivity contribution in [3.63, 3.8) is 0 Å². The third-order valence-corrected chi connectivity index (χ3v) is 9.52. The molecule has 0 aliphatic rings. The quantitative estimate of drug-likeness (QED) is 0.421. The van der Waals surface area contributed by atoms with Gasteiger partial charge in [-0.2, -0.15) is 0 Å². The van der Waals surface area contributed by atoms with E-state index >= 15 is 0 Å². The number of hydrogen-bond donors (Lipinski definition) is 0. The van der Waals surface area contributed by atoms with E-state index in [1.807, 2.05) is 41.5 Å². The zero-order valence-electron chi connectivity index (χ0n) is 15.1. The zero-order chi connectivity index (χ0) is 16.9. The summed E-state index contributed by atoms with van der Waals surface area (Å²) in [6.07, 6.45) is 0. The van der Waals surface area contributed by atoms with Crippen LogP contribution in [-0.4, -0.2) is 57.3 Å². The molecule has 0 saturated heterocycles. The van der Waals surface area contributed by atoms with E-state index in [1.165, 1.54) is 0 Å². The fourth-order valence-corrected chi connectivity index (χ4v) is 8.76. The molecule has 0 aliphatic carbocycles. The predicted octanol–water partition coefficient (Wildman–Crippen LogP) is 3.08. The Morgan fingerprint density at radius 1 is 0.409 bits per heavy atom. The molecule has 0 fully saturated rings.